The zero-order valence-corrected chi connectivity index (χ0v) is 17.1. The van der Waals surface area contributed by atoms with Gasteiger partial charge < -0.3 is 5.32 Å². The molecule has 0 unspecified atom stereocenters. The predicted molar refractivity (Wildman–Crippen MR) is 114 cm³/mol. The van der Waals surface area contributed by atoms with Crippen molar-refractivity contribution in [2.45, 2.75) is 4.90 Å². The number of sulfonamides is 1. The lowest BCUT2D eigenvalue weighted by atomic mass is 10.1. The van der Waals surface area contributed by atoms with Crippen LogP contribution in [0, 0.1) is 17.5 Å². The minimum absolute atomic E-state index is 0.118. The van der Waals surface area contributed by atoms with Gasteiger partial charge in [-0.3, -0.25) is 4.72 Å². The van der Waals surface area contributed by atoms with Gasteiger partial charge in [-0.25, -0.2) is 31.6 Å². The summed E-state index contributed by atoms with van der Waals surface area (Å²) >= 11 is 0. The van der Waals surface area contributed by atoms with E-state index in [-0.39, 0.29) is 11.5 Å². The fourth-order valence-corrected chi connectivity index (χ4v) is 4.12. The van der Waals surface area contributed by atoms with Gasteiger partial charge in [-0.2, -0.15) is 0 Å². The van der Waals surface area contributed by atoms with Crippen molar-refractivity contribution < 1.29 is 21.6 Å². The van der Waals surface area contributed by atoms with Crippen LogP contribution >= 0.6 is 0 Å². The summed E-state index contributed by atoms with van der Waals surface area (Å²) in [5.74, 6) is -2.26. The van der Waals surface area contributed by atoms with Crippen molar-refractivity contribution in [2.75, 3.05) is 10.0 Å². The van der Waals surface area contributed by atoms with E-state index in [0.717, 1.165) is 18.2 Å². The zero-order valence-electron chi connectivity index (χ0n) is 16.3. The Morgan fingerprint density at radius 1 is 0.750 bits per heavy atom. The standard InChI is InChI=1S/C22H15F3N4O2S/c23-15-6-4-14(5-7-15)20-12-21(27-13-26-20)28-16-8-10-17(11-9-16)29-32(30,31)22-18(24)2-1-3-19(22)25/h1-13,29H,(H,26,27,28). The number of rotatable bonds is 6. The van der Waals surface area contributed by atoms with Gasteiger partial charge in [-0.05, 0) is 60.7 Å². The fourth-order valence-electron chi connectivity index (χ4n) is 2.92. The van der Waals surface area contributed by atoms with Gasteiger partial charge >= 0.3 is 0 Å². The highest BCUT2D eigenvalue weighted by Gasteiger charge is 2.23. The van der Waals surface area contributed by atoms with E-state index in [9.17, 15) is 21.6 Å². The van der Waals surface area contributed by atoms with Gasteiger partial charge in [-0.1, -0.05) is 6.07 Å². The first-order valence-corrected chi connectivity index (χ1v) is 10.7. The second kappa shape index (κ2) is 8.67. The fraction of sp³-hybridized carbons (Fsp3) is 0. The van der Waals surface area contributed by atoms with Crippen LogP contribution in [0.25, 0.3) is 11.3 Å². The maximum absolute atomic E-state index is 13.8. The molecule has 162 valence electrons. The number of nitrogens with one attached hydrogen (secondary N) is 2. The molecule has 0 radical (unpaired) electrons. The van der Waals surface area contributed by atoms with Crippen molar-refractivity contribution in [1.82, 2.24) is 9.97 Å². The number of hydrogen-bond acceptors (Lipinski definition) is 5. The minimum Gasteiger partial charge on any atom is -0.340 e. The number of aromatic nitrogens is 2. The molecule has 0 saturated carbocycles. The van der Waals surface area contributed by atoms with Crippen LogP contribution in [0.15, 0.2) is 84.0 Å². The molecule has 0 aliphatic heterocycles. The first kappa shape index (κ1) is 21.3. The molecule has 0 bridgehead atoms. The first-order chi connectivity index (χ1) is 15.3. The highest BCUT2D eigenvalue weighted by molar-refractivity contribution is 7.92. The molecule has 0 amide bonds. The lowest BCUT2D eigenvalue weighted by Crippen LogP contribution is -2.16. The van der Waals surface area contributed by atoms with Crippen molar-refractivity contribution in [3.63, 3.8) is 0 Å². The van der Waals surface area contributed by atoms with Gasteiger partial charge in [-0.15, -0.1) is 0 Å². The summed E-state index contributed by atoms with van der Waals surface area (Å²) in [7, 11) is -4.45. The molecule has 6 nitrogen and oxygen atoms in total. The summed E-state index contributed by atoms with van der Waals surface area (Å²) in [5, 5.41) is 3.04. The average Bonchev–Trinajstić information content (AvgIpc) is 2.75. The van der Waals surface area contributed by atoms with Crippen LogP contribution in [0.1, 0.15) is 0 Å². The summed E-state index contributed by atoms with van der Waals surface area (Å²) in [5.41, 5.74) is 1.99. The maximum Gasteiger partial charge on any atom is 0.267 e. The maximum atomic E-state index is 13.8. The van der Waals surface area contributed by atoms with Crippen molar-refractivity contribution in [2.24, 2.45) is 0 Å². The van der Waals surface area contributed by atoms with E-state index in [0.29, 0.717) is 22.8 Å². The van der Waals surface area contributed by atoms with E-state index in [1.807, 2.05) is 0 Å². The number of anilines is 3. The molecule has 0 aliphatic rings. The second-order valence-electron chi connectivity index (χ2n) is 6.65. The van der Waals surface area contributed by atoms with Crippen LogP contribution in [0.3, 0.4) is 0 Å². The second-order valence-corrected chi connectivity index (χ2v) is 8.27. The lowest BCUT2D eigenvalue weighted by molar-refractivity contribution is 0.521. The Bertz CT molecular complexity index is 1340. The molecular formula is C22H15F3N4O2S. The SMILES string of the molecule is O=S(=O)(Nc1ccc(Nc2cc(-c3ccc(F)cc3)ncn2)cc1)c1c(F)cccc1F. The van der Waals surface area contributed by atoms with E-state index in [4.69, 9.17) is 0 Å². The first-order valence-electron chi connectivity index (χ1n) is 9.24. The van der Waals surface area contributed by atoms with Crippen LogP contribution < -0.4 is 10.0 Å². The van der Waals surface area contributed by atoms with Crippen molar-refractivity contribution in [3.8, 4) is 11.3 Å². The molecule has 0 aliphatic carbocycles. The zero-order chi connectivity index (χ0) is 22.7. The monoisotopic (exact) mass is 456 g/mol. The van der Waals surface area contributed by atoms with Gasteiger partial charge in [0.1, 0.15) is 29.6 Å². The molecule has 2 N–H and O–H groups in total. The summed E-state index contributed by atoms with van der Waals surface area (Å²) in [6, 6.07) is 16.3. The van der Waals surface area contributed by atoms with Crippen molar-refractivity contribution in [1.29, 1.82) is 0 Å². The van der Waals surface area contributed by atoms with E-state index in [2.05, 4.69) is 20.0 Å². The van der Waals surface area contributed by atoms with Gasteiger partial charge in [0.15, 0.2) is 4.90 Å². The highest BCUT2D eigenvalue weighted by atomic mass is 32.2. The number of benzene rings is 3. The van der Waals surface area contributed by atoms with Crippen LogP contribution in [-0.4, -0.2) is 18.4 Å². The third-order valence-electron chi connectivity index (χ3n) is 4.40. The van der Waals surface area contributed by atoms with Gasteiger partial charge in [0.2, 0.25) is 0 Å². The van der Waals surface area contributed by atoms with Gasteiger partial charge in [0.05, 0.1) is 5.69 Å². The van der Waals surface area contributed by atoms with Crippen molar-refractivity contribution in [3.05, 3.63) is 96.6 Å². The Labute approximate surface area is 181 Å². The number of nitrogens with zero attached hydrogens (tertiary/aromatic N) is 2. The van der Waals surface area contributed by atoms with E-state index < -0.39 is 26.6 Å². The smallest absolute Gasteiger partial charge is 0.267 e. The molecule has 0 spiro atoms. The largest absolute Gasteiger partial charge is 0.340 e. The Hall–Kier alpha value is -3.92. The molecule has 0 fully saturated rings. The van der Waals surface area contributed by atoms with Crippen LogP contribution in [0.2, 0.25) is 0 Å². The molecule has 4 rings (SSSR count). The summed E-state index contributed by atoms with van der Waals surface area (Å²) in [6.07, 6.45) is 1.35. The molecule has 3 aromatic carbocycles. The molecule has 0 saturated heterocycles. The third kappa shape index (κ3) is 4.70. The van der Waals surface area contributed by atoms with Gasteiger partial charge in [0, 0.05) is 23.0 Å². The Morgan fingerprint density at radius 3 is 2.03 bits per heavy atom. The number of hydrogen-bond donors (Lipinski definition) is 2. The average molecular weight is 456 g/mol. The predicted octanol–water partition coefficient (Wildman–Crippen LogP) is 5.11. The summed E-state index contributed by atoms with van der Waals surface area (Å²) in [4.78, 5) is 7.25. The third-order valence-corrected chi connectivity index (χ3v) is 5.84. The highest BCUT2D eigenvalue weighted by Crippen LogP contribution is 2.25. The lowest BCUT2D eigenvalue weighted by Gasteiger charge is -2.11. The van der Waals surface area contributed by atoms with Crippen LogP contribution in [0.5, 0.6) is 0 Å². The van der Waals surface area contributed by atoms with E-state index in [1.54, 1.807) is 30.3 Å². The normalized spacial score (nSPS) is 11.2. The molecule has 32 heavy (non-hydrogen) atoms. The molecule has 1 heterocycles. The summed E-state index contributed by atoms with van der Waals surface area (Å²) < 4.78 is 67.7. The van der Waals surface area contributed by atoms with Crippen LogP contribution in [0.4, 0.5) is 30.4 Å². The van der Waals surface area contributed by atoms with E-state index >= 15 is 0 Å². The Kier molecular flexibility index (Phi) is 5.78. The van der Waals surface area contributed by atoms with Crippen molar-refractivity contribution >= 4 is 27.2 Å². The molecule has 1 aromatic heterocycles. The number of halogens is 3. The summed E-state index contributed by atoms with van der Waals surface area (Å²) in [6.45, 7) is 0. The molecule has 10 heteroatoms. The molecule has 4 aromatic rings. The minimum atomic E-state index is -4.45. The molecule has 0 atom stereocenters. The quantitative estimate of drug-likeness (QED) is 0.422. The van der Waals surface area contributed by atoms with E-state index in [1.165, 1.54) is 30.6 Å². The Balaban J connectivity index is 1.50. The molecular weight excluding hydrogens is 441 g/mol. The van der Waals surface area contributed by atoms with Crippen LogP contribution in [-0.2, 0) is 10.0 Å². The van der Waals surface area contributed by atoms with Gasteiger partial charge in [0.25, 0.3) is 10.0 Å². The topological polar surface area (TPSA) is 84.0 Å². The Morgan fingerprint density at radius 2 is 1.38 bits per heavy atom.